The Labute approximate surface area is 163 Å². The molecule has 0 aliphatic carbocycles. The Kier molecular flexibility index (Phi) is 6.16. The summed E-state index contributed by atoms with van der Waals surface area (Å²) in [5, 5.41) is 12.9. The van der Waals surface area contributed by atoms with Gasteiger partial charge in [0.25, 0.3) is 0 Å². The number of nitrogens with one attached hydrogen (secondary N) is 1. The second kappa shape index (κ2) is 8.94. The first kappa shape index (κ1) is 19.3. The van der Waals surface area contributed by atoms with Crippen molar-refractivity contribution in [3.8, 4) is 17.0 Å². The second-order valence-corrected chi connectivity index (χ2v) is 6.10. The topological polar surface area (TPSA) is 97.2 Å². The average molecular weight is 378 g/mol. The van der Waals surface area contributed by atoms with E-state index in [0.29, 0.717) is 48.0 Å². The molecule has 0 aliphatic heterocycles. The maximum Gasteiger partial charge on any atom is 0.339 e. The van der Waals surface area contributed by atoms with E-state index in [-0.39, 0.29) is 5.56 Å². The van der Waals surface area contributed by atoms with Crippen LogP contribution < -0.4 is 10.1 Å². The van der Waals surface area contributed by atoms with Crippen LogP contribution in [0.15, 0.2) is 48.7 Å². The number of aryl methyl sites for hydroxylation is 1. The van der Waals surface area contributed by atoms with Crippen LogP contribution in [-0.4, -0.2) is 39.7 Å². The first-order valence-corrected chi connectivity index (χ1v) is 9.04. The Morgan fingerprint density at radius 3 is 2.54 bits per heavy atom. The van der Waals surface area contributed by atoms with Crippen LogP contribution in [0.5, 0.6) is 5.75 Å². The highest BCUT2D eigenvalue weighted by molar-refractivity contribution is 5.96. The zero-order valence-electron chi connectivity index (χ0n) is 15.8. The van der Waals surface area contributed by atoms with E-state index in [2.05, 4.69) is 20.3 Å². The van der Waals surface area contributed by atoms with Crippen LogP contribution in [0.2, 0.25) is 0 Å². The molecule has 0 spiro atoms. The molecule has 2 N–H and O–H groups in total. The minimum atomic E-state index is -1.04. The Hall–Kier alpha value is -3.48. The van der Waals surface area contributed by atoms with Gasteiger partial charge in [-0.1, -0.05) is 13.0 Å². The smallest absolute Gasteiger partial charge is 0.339 e. The molecule has 0 atom stereocenters. The van der Waals surface area contributed by atoms with Gasteiger partial charge in [-0.15, -0.1) is 0 Å². The van der Waals surface area contributed by atoms with Gasteiger partial charge in [-0.2, -0.15) is 0 Å². The van der Waals surface area contributed by atoms with Crippen molar-refractivity contribution in [2.45, 2.75) is 19.8 Å². The number of pyridine rings is 1. The number of rotatable bonds is 8. The van der Waals surface area contributed by atoms with Crippen molar-refractivity contribution in [1.29, 1.82) is 0 Å². The summed E-state index contributed by atoms with van der Waals surface area (Å²) in [6, 6.07) is 12.9. The monoisotopic (exact) mass is 378 g/mol. The van der Waals surface area contributed by atoms with Gasteiger partial charge in [0, 0.05) is 30.4 Å². The average Bonchev–Trinajstić information content (AvgIpc) is 2.73. The van der Waals surface area contributed by atoms with Crippen LogP contribution in [0.3, 0.4) is 0 Å². The predicted molar refractivity (Wildman–Crippen MR) is 107 cm³/mol. The number of methoxy groups -OCH3 is 1. The van der Waals surface area contributed by atoms with Gasteiger partial charge < -0.3 is 15.2 Å². The molecule has 28 heavy (non-hydrogen) atoms. The quantitative estimate of drug-likeness (QED) is 0.619. The summed E-state index contributed by atoms with van der Waals surface area (Å²) in [4.78, 5) is 25.1. The first-order chi connectivity index (χ1) is 13.6. The maximum atomic E-state index is 11.9. The van der Waals surface area contributed by atoms with E-state index in [1.54, 1.807) is 37.6 Å². The highest BCUT2D eigenvalue weighted by atomic mass is 16.5. The number of benzene rings is 1. The number of hydrogen-bond donors (Lipinski definition) is 2. The summed E-state index contributed by atoms with van der Waals surface area (Å²) in [6.07, 6.45) is 2.96. The number of carboxylic acid groups (broad SMARTS) is 1. The molecule has 0 radical (unpaired) electrons. The van der Waals surface area contributed by atoms with Crippen LogP contribution in [0, 0.1) is 0 Å². The number of aromatic nitrogens is 3. The molecule has 0 saturated carbocycles. The maximum absolute atomic E-state index is 11.9. The van der Waals surface area contributed by atoms with Crippen LogP contribution >= 0.6 is 0 Å². The fourth-order valence-electron chi connectivity index (χ4n) is 2.87. The van der Waals surface area contributed by atoms with E-state index < -0.39 is 5.97 Å². The van der Waals surface area contributed by atoms with Gasteiger partial charge in [0.05, 0.1) is 18.5 Å². The molecule has 144 valence electrons. The number of anilines is 1. The molecule has 2 heterocycles. The van der Waals surface area contributed by atoms with Crippen molar-refractivity contribution in [2.75, 3.05) is 19.0 Å². The van der Waals surface area contributed by atoms with Crippen molar-refractivity contribution >= 4 is 11.9 Å². The summed E-state index contributed by atoms with van der Waals surface area (Å²) < 4.78 is 5.18. The summed E-state index contributed by atoms with van der Waals surface area (Å²) in [6.45, 7) is 2.47. The highest BCUT2D eigenvalue weighted by Gasteiger charge is 2.20. The van der Waals surface area contributed by atoms with E-state index >= 15 is 0 Å². The third-order valence-electron chi connectivity index (χ3n) is 4.29. The lowest BCUT2D eigenvalue weighted by Gasteiger charge is -2.13. The van der Waals surface area contributed by atoms with E-state index in [0.717, 1.165) is 5.69 Å². The minimum absolute atomic E-state index is 0.128. The molecule has 0 bridgehead atoms. The Balaban J connectivity index is 1.91. The van der Waals surface area contributed by atoms with Gasteiger partial charge in [0.15, 0.2) is 0 Å². The van der Waals surface area contributed by atoms with E-state index in [1.165, 1.54) is 0 Å². The summed E-state index contributed by atoms with van der Waals surface area (Å²) >= 11 is 0. The Morgan fingerprint density at radius 2 is 1.93 bits per heavy atom. The van der Waals surface area contributed by atoms with Gasteiger partial charge in [-0.3, -0.25) is 4.98 Å². The van der Waals surface area contributed by atoms with Crippen LogP contribution in [-0.2, 0) is 12.8 Å². The molecular formula is C21H22N4O3. The molecular weight excluding hydrogens is 356 g/mol. The molecule has 7 heteroatoms. The molecule has 0 unspecified atom stereocenters. The second-order valence-electron chi connectivity index (χ2n) is 6.10. The van der Waals surface area contributed by atoms with Crippen molar-refractivity contribution in [3.05, 3.63) is 65.6 Å². The predicted octanol–water partition coefficient (Wildman–Crippen LogP) is 3.46. The van der Waals surface area contributed by atoms with Crippen LogP contribution in [0.4, 0.5) is 5.95 Å². The lowest BCUT2D eigenvalue weighted by molar-refractivity contribution is 0.0695. The van der Waals surface area contributed by atoms with E-state index in [1.807, 2.05) is 25.1 Å². The van der Waals surface area contributed by atoms with Gasteiger partial charge in [-0.05, 0) is 42.8 Å². The number of carbonyl (C=O) groups is 1. The van der Waals surface area contributed by atoms with Crippen LogP contribution in [0.1, 0.15) is 28.7 Å². The fraction of sp³-hybridized carbons (Fsp3) is 0.238. The molecule has 1 aromatic carbocycles. The van der Waals surface area contributed by atoms with Gasteiger partial charge >= 0.3 is 5.97 Å². The number of nitrogens with zero attached hydrogens (tertiary/aromatic N) is 3. The summed E-state index contributed by atoms with van der Waals surface area (Å²) in [7, 11) is 1.58. The molecule has 0 fully saturated rings. The molecule has 0 saturated heterocycles. The molecule has 3 rings (SSSR count). The van der Waals surface area contributed by atoms with Crippen molar-refractivity contribution in [1.82, 2.24) is 15.0 Å². The number of hydrogen-bond acceptors (Lipinski definition) is 6. The van der Waals surface area contributed by atoms with Crippen LogP contribution in [0.25, 0.3) is 11.3 Å². The number of carboxylic acids is 1. The molecule has 0 amide bonds. The van der Waals surface area contributed by atoms with E-state index in [9.17, 15) is 9.90 Å². The molecule has 3 aromatic rings. The Morgan fingerprint density at radius 1 is 1.14 bits per heavy atom. The Bertz CT molecular complexity index is 944. The van der Waals surface area contributed by atoms with Crippen molar-refractivity contribution in [3.63, 3.8) is 0 Å². The van der Waals surface area contributed by atoms with Gasteiger partial charge in [-0.25, -0.2) is 14.8 Å². The summed E-state index contributed by atoms with van der Waals surface area (Å²) in [5.74, 6) is 0.0606. The van der Waals surface area contributed by atoms with Gasteiger partial charge in [0.2, 0.25) is 5.95 Å². The molecule has 2 aromatic heterocycles. The third kappa shape index (κ3) is 4.43. The molecule has 7 nitrogen and oxygen atoms in total. The number of ether oxygens (including phenoxy) is 1. The standard InChI is InChI=1S/C21H22N4O3/c1-3-17-18(20(26)27)19(14-7-9-16(28-2)10-8-14)25-21(24-17)23-13-11-15-6-4-5-12-22-15/h4-10,12H,3,11,13H2,1-2H3,(H,26,27)(H,23,24,25). The molecule has 0 aliphatic rings. The number of aromatic carboxylic acids is 1. The first-order valence-electron chi connectivity index (χ1n) is 9.04. The van der Waals surface area contributed by atoms with Gasteiger partial charge in [0.1, 0.15) is 11.3 Å². The minimum Gasteiger partial charge on any atom is -0.497 e. The largest absolute Gasteiger partial charge is 0.497 e. The lowest BCUT2D eigenvalue weighted by atomic mass is 10.0. The zero-order chi connectivity index (χ0) is 19.9. The zero-order valence-corrected chi connectivity index (χ0v) is 15.8. The van der Waals surface area contributed by atoms with E-state index in [4.69, 9.17) is 4.74 Å². The lowest BCUT2D eigenvalue weighted by Crippen LogP contribution is -2.14. The SMILES string of the molecule is CCc1nc(NCCc2ccccn2)nc(-c2ccc(OC)cc2)c1C(=O)O. The third-order valence-corrected chi connectivity index (χ3v) is 4.29. The highest BCUT2D eigenvalue weighted by Crippen LogP contribution is 2.27. The fourth-order valence-corrected chi connectivity index (χ4v) is 2.87. The summed E-state index contributed by atoms with van der Waals surface area (Å²) in [5.41, 5.74) is 2.67. The van der Waals surface area contributed by atoms with Crippen molar-refractivity contribution < 1.29 is 14.6 Å². The van der Waals surface area contributed by atoms with Crippen molar-refractivity contribution in [2.24, 2.45) is 0 Å². The normalized spacial score (nSPS) is 10.5.